The van der Waals surface area contributed by atoms with Gasteiger partial charge in [0.05, 0.1) is 11.9 Å². The Bertz CT molecular complexity index is 1230. The van der Waals surface area contributed by atoms with E-state index in [4.69, 9.17) is 10.1 Å². The van der Waals surface area contributed by atoms with E-state index in [9.17, 15) is 23.4 Å². The highest BCUT2D eigenvalue weighted by Gasteiger charge is 2.26. The van der Waals surface area contributed by atoms with Gasteiger partial charge in [-0.25, -0.2) is 4.39 Å². The van der Waals surface area contributed by atoms with E-state index in [1.54, 1.807) is 12.1 Å². The van der Waals surface area contributed by atoms with Crippen molar-refractivity contribution in [2.24, 2.45) is 0 Å². The Balaban J connectivity index is 2.05. The molecule has 0 aliphatic carbocycles. The molecule has 2 aromatic carbocycles. The molecule has 0 fully saturated rings. The zero-order valence-corrected chi connectivity index (χ0v) is 20.0. The molecule has 1 heterocycles. The van der Waals surface area contributed by atoms with Crippen LogP contribution in [-0.4, -0.2) is 39.1 Å². The summed E-state index contributed by atoms with van der Waals surface area (Å²) in [5.41, 5.74) is 4.66. The fourth-order valence-corrected chi connectivity index (χ4v) is 5.24. The van der Waals surface area contributed by atoms with E-state index in [2.05, 4.69) is 0 Å². The number of aliphatic carboxylic acids is 1. The van der Waals surface area contributed by atoms with Gasteiger partial charge in [-0.15, -0.1) is 0 Å². The van der Waals surface area contributed by atoms with E-state index in [0.717, 1.165) is 33.6 Å². The summed E-state index contributed by atoms with van der Waals surface area (Å²) in [4.78, 5) is 37.8. The second-order valence-electron chi connectivity index (χ2n) is 8.53. The van der Waals surface area contributed by atoms with E-state index < -0.39 is 31.7 Å². The summed E-state index contributed by atoms with van der Waals surface area (Å²) in [5, 5.41) is 8.76. The van der Waals surface area contributed by atoms with E-state index in [-0.39, 0.29) is 24.3 Å². The highest BCUT2D eigenvalue weighted by Crippen LogP contribution is 2.43. The number of carboxylic acids is 1. The third-order valence-corrected chi connectivity index (χ3v) is 7.18. The highest BCUT2D eigenvalue weighted by molar-refractivity contribution is 7.59. The van der Waals surface area contributed by atoms with Gasteiger partial charge in [0.25, 0.3) is 0 Å². The molecule has 6 nitrogen and oxygen atoms in total. The van der Waals surface area contributed by atoms with Crippen LogP contribution in [0.4, 0.5) is 4.39 Å². The Hall–Kier alpha value is -3.15. The van der Waals surface area contributed by atoms with Crippen LogP contribution in [0.25, 0.3) is 22.4 Å². The lowest BCUT2D eigenvalue weighted by Gasteiger charge is -2.20. The van der Waals surface area contributed by atoms with Gasteiger partial charge in [-0.05, 0) is 47.2 Å². The van der Waals surface area contributed by atoms with Crippen LogP contribution < -0.4 is 0 Å². The predicted octanol–water partition coefficient (Wildman–Crippen LogP) is 5.53. The van der Waals surface area contributed by atoms with Gasteiger partial charge in [0.1, 0.15) is 12.2 Å². The average molecular weight is 483 g/mol. The number of aromatic nitrogens is 1. The van der Waals surface area contributed by atoms with E-state index in [1.807, 2.05) is 50.2 Å². The zero-order chi connectivity index (χ0) is 24.9. The maximum absolute atomic E-state index is 13.6. The van der Waals surface area contributed by atoms with Crippen LogP contribution >= 0.6 is 7.37 Å². The Labute approximate surface area is 198 Å². The Morgan fingerprint density at radius 1 is 1.03 bits per heavy atom. The van der Waals surface area contributed by atoms with Crippen LogP contribution in [0.2, 0.25) is 0 Å². The molecule has 0 saturated heterocycles. The van der Waals surface area contributed by atoms with Crippen molar-refractivity contribution in [1.29, 1.82) is 0 Å². The van der Waals surface area contributed by atoms with Gasteiger partial charge in [-0.3, -0.25) is 19.1 Å². The summed E-state index contributed by atoms with van der Waals surface area (Å²) >= 11 is 0. The number of carboxylic acid groups (broad SMARTS) is 1. The van der Waals surface area contributed by atoms with E-state index in [1.165, 1.54) is 12.1 Å². The molecule has 3 rings (SSSR count). The average Bonchev–Trinajstić information content (AvgIpc) is 2.77. The lowest BCUT2D eigenvalue weighted by molar-refractivity contribution is -0.139. The number of Topliss-reactive ketones (excluding diaryl/α,β-unsaturated/α-hetero) is 1. The predicted molar refractivity (Wildman–Crippen MR) is 130 cm³/mol. The maximum atomic E-state index is 13.6. The van der Waals surface area contributed by atoms with Gasteiger partial charge in [0, 0.05) is 17.4 Å². The van der Waals surface area contributed by atoms with Gasteiger partial charge in [0.15, 0.2) is 5.78 Å². The normalized spacial score (nSPS) is 13.0. The molecule has 0 aliphatic rings. The minimum absolute atomic E-state index is 0.00965. The van der Waals surface area contributed by atoms with Crippen molar-refractivity contribution < 1.29 is 28.5 Å². The molecule has 8 heteroatoms. The third kappa shape index (κ3) is 6.69. The first kappa shape index (κ1) is 25.5. The first-order valence-corrected chi connectivity index (χ1v) is 13.0. The van der Waals surface area contributed by atoms with Crippen molar-refractivity contribution in [2.45, 2.75) is 32.6 Å². The number of carbonyl (C=O) groups is 2. The Morgan fingerprint density at radius 3 is 2.26 bits per heavy atom. The highest BCUT2D eigenvalue weighted by atomic mass is 31.2. The third-order valence-electron chi connectivity index (χ3n) is 5.41. The van der Waals surface area contributed by atoms with Crippen LogP contribution in [0.5, 0.6) is 0 Å². The minimum atomic E-state index is -3.91. The molecule has 1 aromatic heterocycles. The largest absolute Gasteiger partial charge is 0.481 e. The van der Waals surface area contributed by atoms with Crippen molar-refractivity contribution in [2.75, 3.05) is 12.3 Å². The quantitative estimate of drug-likeness (QED) is 0.290. The number of ketones is 1. The van der Waals surface area contributed by atoms with Gasteiger partial charge in [-0.2, -0.15) is 0 Å². The SMILES string of the molecule is CC(C)c1nc(-c2ccccc2)cc(-c2ccc(F)cc2)c1CCP(=O)(O)CC(=O)CC(=O)O. The lowest BCUT2D eigenvalue weighted by Crippen LogP contribution is -2.14. The van der Waals surface area contributed by atoms with Crippen molar-refractivity contribution in [3.05, 3.63) is 77.7 Å². The summed E-state index contributed by atoms with van der Waals surface area (Å²) in [7, 11) is -3.91. The van der Waals surface area contributed by atoms with Crippen molar-refractivity contribution in [1.82, 2.24) is 4.98 Å². The molecule has 0 bridgehead atoms. The van der Waals surface area contributed by atoms with Gasteiger partial charge in [-0.1, -0.05) is 56.3 Å². The molecule has 0 amide bonds. The number of nitrogens with zero attached hydrogens (tertiary/aromatic N) is 1. The molecule has 178 valence electrons. The molecule has 0 saturated carbocycles. The molecule has 2 N–H and O–H groups in total. The monoisotopic (exact) mass is 483 g/mol. The summed E-state index contributed by atoms with van der Waals surface area (Å²) in [6.07, 6.45) is -1.50. The summed E-state index contributed by atoms with van der Waals surface area (Å²) in [5.74, 6) is -2.49. The molecular weight excluding hydrogens is 456 g/mol. The number of halogens is 1. The first-order valence-electron chi connectivity index (χ1n) is 11.0. The van der Waals surface area contributed by atoms with Crippen molar-refractivity contribution in [3.63, 3.8) is 0 Å². The summed E-state index contributed by atoms with van der Waals surface area (Å²) in [6.45, 7) is 3.95. The van der Waals surface area contributed by atoms with Gasteiger partial charge >= 0.3 is 5.97 Å². The van der Waals surface area contributed by atoms with Crippen molar-refractivity contribution in [3.8, 4) is 22.4 Å². The van der Waals surface area contributed by atoms with Gasteiger partial charge in [0.2, 0.25) is 7.37 Å². The molecule has 0 spiro atoms. The van der Waals surface area contributed by atoms with Crippen molar-refractivity contribution >= 4 is 19.1 Å². The van der Waals surface area contributed by atoms with Crippen LogP contribution in [0.3, 0.4) is 0 Å². The number of hydrogen-bond acceptors (Lipinski definition) is 4. The minimum Gasteiger partial charge on any atom is -0.481 e. The van der Waals surface area contributed by atoms with Crippen LogP contribution in [0, 0.1) is 5.82 Å². The number of carbonyl (C=O) groups excluding carboxylic acids is 1. The maximum Gasteiger partial charge on any atom is 0.310 e. The summed E-state index contributed by atoms with van der Waals surface area (Å²) < 4.78 is 26.3. The molecule has 0 radical (unpaired) electrons. The Kier molecular flexibility index (Phi) is 8.13. The molecule has 1 unspecified atom stereocenters. The Morgan fingerprint density at radius 2 is 1.68 bits per heavy atom. The summed E-state index contributed by atoms with van der Waals surface area (Å²) in [6, 6.07) is 17.5. The van der Waals surface area contributed by atoms with Gasteiger partial charge < -0.3 is 10.00 Å². The second-order valence-corrected chi connectivity index (χ2v) is 11.0. The molecule has 1 atom stereocenters. The van der Waals surface area contributed by atoms with Crippen LogP contribution in [0.15, 0.2) is 60.7 Å². The molecule has 0 aliphatic heterocycles. The van der Waals surface area contributed by atoms with E-state index >= 15 is 0 Å². The standard InChI is InChI=1S/C26H27FNO5P/c1-17(2)26-22(12-13-34(32,33)16-21(29)14-25(30)31)23(18-8-10-20(27)11-9-18)15-24(28-26)19-6-4-3-5-7-19/h3-11,15,17H,12-14,16H2,1-2H3,(H,30,31)(H,32,33). The first-order chi connectivity index (χ1) is 16.1. The topological polar surface area (TPSA) is 105 Å². The zero-order valence-electron chi connectivity index (χ0n) is 19.1. The fraction of sp³-hybridized carbons (Fsp3) is 0.269. The number of hydrogen-bond donors (Lipinski definition) is 2. The lowest BCUT2D eigenvalue weighted by atomic mass is 9.91. The molecular formula is C26H27FNO5P. The number of pyridine rings is 1. The number of rotatable bonds is 10. The smallest absolute Gasteiger partial charge is 0.310 e. The van der Waals surface area contributed by atoms with E-state index in [0.29, 0.717) is 0 Å². The number of benzene rings is 2. The second kappa shape index (κ2) is 10.9. The fourth-order valence-electron chi connectivity index (χ4n) is 3.84. The molecule has 3 aromatic rings. The van der Waals surface area contributed by atoms with Crippen LogP contribution in [0.1, 0.15) is 37.4 Å². The molecule has 34 heavy (non-hydrogen) atoms. The van der Waals surface area contributed by atoms with Crippen LogP contribution in [-0.2, 0) is 20.6 Å².